The zero-order chi connectivity index (χ0) is 16.7. The molecule has 0 unspecified atom stereocenters. The number of nitrogens with one attached hydrogen (secondary N) is 1. The van der Waals surface area contributed by atoms with Crippen LogP contribution in [0.25, 0.3) is 0 Å². The number of amides is 1. The van der Waals surface area contributed by atoms with Crippen LogP contribution in [0.15, 0.2) is 0 Å². The van der Waals surface area contributed by atoms with Crippen molar-refractivity contribution in [3.63, 3.8) is 0 Å². The molecular formula is C15H34N2O5S. The second-order valence-electron chi connectivity index (χ2n) is 5.46. The van der Waals surface area contributed by atoms with Crippen LogP contribution in [0.3, 0.4) is 0 Å². The van der Waals surface area contributed by atoms with E-state index in [9.17, 15) is 13.2 Å². The Hall–Kier alpha value is -0.700. The van der Waals surface area contributed by atoms with Gasteiger partial charge in [-0.25, -0.2) is 4.72 Å². The Kier molecular flexibility index (Phi) is 17.3. The van der Waals surface area contributed by atoms with Gasteiger partial charge >= 0.3 is 10.3 Å². The fourth-order valence-electron chi connectivity index (χ4n) is 2.05. The molecule has 8 heteroatoms. The smallest absolute Gasteiger partial charge is 0.362 e. The van der Waals surface area contributed by atoms with Crippen molar-refractivity contribution in [2.75, 3.05) is 13.2 Å². The van der Waals surface area contributed by atoms with Gasteiger partial charge < -0.3 is 11.3 Å². The summed E-state index contributed by atoms with van der Waals surface area (Å²) in [5.74, 6) is -0.535. The highest BCUT2D eigenvalue weighted by Crippen LogP contribution is 2.10. The Morgan fingerprint density at radius 3 is 2.00 bits per heavy atom. The van der Waals surface area contributed by atoms with Crippen molar-refractivity contribution in [1.82, 2.24) is 10.9 Å². The number of hydrogen-bond acceptors (Lipinski definition) is 6. The molecule has 0 spiro atoms. The summed E-state index contributed by atoms with van der Waals surface area (Å²) >= 11 is 0. The van der Waals surface area contributed by atoms with Crippen LogP contribution in [-0.4, -0.2) is 32.6 Å². The second-order valence-corrected chi connectivity index (χ2v) is 6.80. The molecule has 0 atom stereocenters. The Morgan fingerprint density at radius 2 is 1.48 bits per heavy atom. The predicted molar refractivity (Wildman–Crippen MR) is 91.6 cm³/mol. The average molecular weight is 355 g/mol. The van der Waals surface area contributed by atoms with Crippen LogP contribution in [0.5, 0.6) is 0 Å². The van der Waals surface area contributed by atoms with Gasteiger partial charge in [0, 0.05) is 13.0 Å². The lowest BCUT2D eigenvalue weighted by Gasteiger charge is -2.06. The van der Waals surface area contributed by atoms with Crippen LogP contribution >= 0.6 is 0 Å². The van der Waals surface area contributed by atoms with E-state index in [0.717, 1.165) is 12.8 Å². The van der Waals surface area contributed by atoms with E-state index in [0.29, 0.717) is 6.42 Å². The van der Waals surface area contributed by atoms with E-state index in [2.05, 4.69) is 11.1 Å². The van der Waals surface area contributed by atoms with E-state index in [4.69, 9.17) is 5.11 Å². The van der Waals surface area contributed by atoms with E-state index >= 15 is 0 Å². The Balaban J connectivity index is 0. The predicted octanol–water partition coefficient (Wildman–Crippen LogP) is 2.83. The van der Waals surface area contributed by atoms with Crippen molar-refractivity contribution in [1.29, 1.82) is 0 Å². The minimum atomic E-state index is -4.02. The van der Waals surface area contributed by atoms with Crippen molar-refractivity contribution in [2.45, 2.75) is 77.6 Å². The van der Waals surface area contributed by atoms with Crippen LogP contribution in [0.2, 0.25) is 0 Å². The molecule has 140 valence electrons. The van der Waals surface area contributed by atoms with Crippen molar-refractivity contribution in [2.24, 2.45) is 0 Å². The molecule has 5 N–H and O–H groups in total. The highest BCUT2D eigenvalue weighted by atomic mass is 32.2. The fourth-order valence-corrected chi connectivity index (χ4v) is 2.83. The van der Waals surface area contributed by atoms with Crippen molar-refractivity contribution >= 4 is 16.2 Å². The van der Waals surface area contributed by atoms with Gasteiger partial charge in [0.15, 0.2) is 0 Å². The number of carbonyl (C=O) groups is 1. The Morgan fingerprint density at radius 1 is 0.957 bits per heavy atom. The summed E-state index contributed by atoms with van der Waals surface area (Å²) in [4.78, 5) is 11.5. The quantitative estimate of drug-likeness (QED) is 0.388. The lowest BCUT2D eigenvalue weighted by molar-refractivity contribution is -0.119. The van der Waals surface area contributed by atoms with Gasteiger partial charge in [-0.05, 0) is 12.8 Å². The molecule has 0 fully saturated rings. The third-order valence-corrected chi connectivity index (χ3v) is 4.24. The number of hydrogen-bond donors (Lipinski definition) is 3. The molecule has 0 heterocycles. The van der Waals surface area contributed by atoms with E-state index in [1.165, 1.54) is 38.5 Å². The Bertz CT molecular complexity index is 374. The molecule has 0 saturated heterocycles. The number of unbranched alkanes of at least 4 members (excludes halogenated alkanes) is 8. The number of rotatable bonds is 15. The van der Waals surface area contributed by atoms with Crippen molar-refractivity contribution in [3.05, 3.63) is 0 Å². The van der Waals surface area contributed by atoms with Gasteiger partial charge in [0.2, 0.25) is 5.91 Å². The van der Waals surface area contributed by atoms with Crippen molar-refractivity contribution in [3.8, 4) is 0 Å². The van der Waals surface area contributed by atoms with E-state index in [1.807, 2.05) is 4.72 Å². The standard InChI is InChI=1S/C15H31NO5S.H3N/c1-2-3-4-5-6-7-8-9-10-12-15(18)16-22(19,20)21-14-11-13-17;/h17H,2-14H2,1H3,(H,16,18);1H3. The fraction of sp³-hybridized carbons (Fsp3) is 0.933. The second kappa shape index (κ2) is 16.2. The SMILES string of the molecule is CCCCCCCCCCCC(=O)NS(=O)(=O)OCCCO.N. The van der Waals surface area contributed by atoms with Crippen LogP contribution < -0.4 is 10.9 Å². The van der Waals surface area contributed by atoms with Gasteiger partial charge in [0.05, 0.1) is 6.61 Å². The minimum absolute atomic E-state index is 0. The first-order valence-corrected chi connectivity index (χ1v) is 9.73. The van der Waals surface area contributed by atoms with Gasteiger partial charge in [-0.3, -0.25) is 8.98 Å². The normalized spacial score (nSPS) is 11.0. The summed E-state index contributed by atoms with van der Waals surface area (Å²) in [6, 6.07) is 0. The van der Waals surface area contributed by atoms with E-state index in [-0.39, 0.29) is 32.2 Å². The van der Waals surface area contributed by atoms with Gasteiger partial charge in [-0.15, -0.1) is 0 Å². The van der Waals surface area contributed by atoms with Gasteiger partial charge in [0.1, 0.15) is 0 Å². The van der Waals surface area contributed by atoms with Gasteiger partial charge in [0.25, 0.3) is 0 Å². The molecule has 0 aromatic heterocycles. The maximum atomic E-state index is 11.5. The molecule has 0 aromatic carbocycles. The van der Waals surface area contributed by atoms with E-state index < -0.39 is 16.2 Å². The number of aliphatic hydroxyl groups excluding tert-OH is 1. The molecule has 0 aliphatic rings. The average Bonchev–Trinajstić information content (AvgIpc) is 2.45. The minimum Gasteiger partial charge on any atom is -0.396 e. The lowest BCUT2D eigenvalue weighted by Crippen LogP contribution is -2.32. The molecule has 0 aromatic rings. The molecule has 23 heavy (non-hydrogen) atoms. The summed E-state index contributed by atoms with van der Waals surface area (Å²) in [6.45, 7) is 1.92. The van der Waals surface area contributed by atoms with Crippen LogP contribution in [0.4, 0.5) is 0 Å². The summed E-state index contributed by atoms with van der Waals surface area (Å²) in [5, 5.41) is 8.53. The first kappa shape index (κ1) is 24.6. The third kappa shape index (κ3) is 17.5. The molecule has 0 bridgehead atoms. The summed E-state index contributed by atoms with van der Waals surface area (Å²) in [5.41, 5.74) is 0. The number of aliphatic hydroxyl groups is 1. The first-order chi connectivity index (χ1) is 10.5. The van der Waals surface area contributed by atoms with Crippen LogP contribution in [0, 0.1) is 0 Å². The highest BCUT2D eigenvalue weighted by Gasteiger charge is 2.14. The third-order valence-electron chi connectivity index (χ3n) is 3.29. The monoisotopic (exact) mass is 354 g/mol. The summed E-state index contributed by atoms with van der Waals surface area (Å²) < 4.78 is 29.1. The number of carbonyl (C=O) groups excluding carboxylic acids is 1. The topological polar surface area (TPSA) is 128 Å². The molecule has 0 aliphatic heterocycles. The largest absolute Gasteiger partial charge is 0.396 e. The van der Waals surface area contributed by atoms with E-state index in [1.54, 1.807) is 0 Å². The molecule has 0 aliphatic carbocycles. The van der Waals surface area contributed by atoms with Gasteiger partial charge in [-0.1, -0.05) is 58.3 Å². The molecule has 0 rings (SSSR count). The van der Waals surface area contributed by atoms with Crippen molar-refractivity contribution < 1.29 is 22.5 Å². The maximum Gasteiger partial charge on any atom is 0.362 e. The molecule has 7 nitrogen and oxygen atoms in total. The lowest BCUT2D eigenvalue weighted by atomic mass is 10.1. The summed E-state index contributed by atoms with van der Waals surface area (Å²) in [7, 11) is -4.02. The van der Waals surface area contributed by atoms with Gasteiger partial charge in [-0.2, -0.15) is 8.42 Å². The molecule has 1 amide bonds. The highest BCUT2D eigenvalue weighted by molar-refractivity contribution is 7.85. The molecular weight excluding hydrogens is 320 g/mol. The van der Waals surface area contributed by atoms with Crippen LogP contribution in [0.1, 0.15) is 77.6 Å². The zero-order valence-electron chi connectivity index (χ0n) is 14.4. The Labute approximate surface area is 141 Å². The molecule has 0 radical (unpaired) electrons. The summed E-state index contributed by atoms with van der Waals surface area (Å²) in [6.07, 6.45) is 10.7. The zero-order valence-corrected chi connectivity index (χ0v) is 15.2. The first-order valence-electron chi connectivity index (χ1n) is 8.32. The maximum absolute atomic E-state index is 11.5. The van der Waals surface area contributed by atoms with Crippen LogP contribution in [-0.2, 0) is 19.3 Å². The molecule has 0 saturated carbocycles.